The van der Waals surface area contributed by atoms with Crippen molar-refractivity contribution in [2.75, 3.05) is 0 Å². The van der Waals surface area contributed by atoms with Crippen LogP contribution in [0.4, 0.5) is 13.2 Å². The van der Waals surface area contributed by atoms with E-state index in [9.17, 15) is 13.2 Å². The molecule has 1 rings (SSSR count). The van der Waals surface area contributed by atoms with Gasteiger partial charge in [0.05, 0.1) is 24.7 Å². The molecule has 0 unspecified atom stereocenters. The van der Waals surface area contributed by atoms with E-state index in [0.717, 1.165) is 0 Å². The largest absolute Gasteiger partial charge is 0.462 e. The van der Waals surface area contributed by atoms with Crippen molar-refractivity contribution < 1.29 is 17.9 Å². The molecule has 3 nitrogen and oxygen atoms in total. The van der Waals surface area contributed by atoms with Crippen LogP contribution in [-0.4, -0.2) is 16.1 Å². The number of rotatable bonds is 3. The highest BCUT2D eigenvalue weighted by Gasteiger charge is 2.22. The third-order valence-corrected chi connectivity index (χ3v) is 1.63. The summed E-state index contributed by atoms with van der Waals surface area (Å²) >= 11 is 0. The molecule has 0 aliphatic rings. The third kappa shape index (κ3) is 4.29. The van der Waals surface area contributed by atoms with Gasteiger partial charge >= 0.3 is 6.18 Å². The van der Waals surface area contributed by atoms with E-state index in [0.29, 0.717) is 12.1 Å². The first kappa shape index (κ1) is 12.5. The van der Waals surface area contributed by atoms with Crippen LogP contribution in [0.3, 0.4) is 0 Å². The molecule has 0 fully saturated rings. The second-order valence-electron chi connectivity index (χ2n) is 3.39. The van der Waals surface area contributed by atoms with Crippen LogP contribution < -0.4 is 4.74 Å². The van der Waals surface area contributed by atoms with Gasteiger partial charge in [-0.2, -0.15) is 13.2 Å². The van der Waals surface area contributed by atoms with Gasteiger partial charge in [-0.1, -0.05) is 13.8 Å². The summed E-state index contributed by atoms with van der Waals surface area (Å²) in [4.78, 5) is 7.88. The first-order chi connectivity index (χ1) is 7.38. The van der Waals surface area contributed by atoms with Crippen LogP contribution in [-0.2, 0) is 0 Å². The zero-order valence-electron chi connectivity index (χ0n) is 8.82. The maximum absolute atomic E-state index is 11.7. The Morgan fingerprint density at radius 2 is 1.81 bits per heavy atom. The average Bonchev–Trinajstić information content (AvgIpc) is 2.16. The van der Waals surface area contributed by atoms with E-state index in [1.54, 1.807) is 0 Å². The Hall–Kier alpha value is -1.59. The molecule has 0 aliphatic carbocycles. The van der Waals surface area contributed by atoms with Gasteiger partial charge in [-0.3, -0.25) is 0 Å². The molecule has 0 aromatic carbocycles. The van der Waals surface area contributed by atoms with E-state index in [1.165, 1.54) is 12.4 Å². The normalized spacial score (nSPS) is 12.4. The molecule has 0 bridgehead atoms. The van der Waals surface area contributed by atoms with Crippen molar-refractivity contribution in [3.63, 3.8) is 0 Å². The van der Waals surface area contributed by atoms with Gasteiger partial charge in [0.15, 0.2) is 5.75 Å². The van der Waals surface area contributed by atoms with Crippen LogP contribution >= 0.6 is 0 Å². The smallest absolute Gasteiger partial charge is 0.412 e. The average molecular weight is 232 g/mol. The lowest BCUT2D eigenvalue weighted by Gasteiger charge is -2.04. The number of nitrogens with zero attached hydrogens (tertiary/aromatic N) is 2. The van der Waals surface area contributed by atoms with Gasteiger partial charge in [-0.05, 0) is 0 Å². The molecule has 0 aliphatic heterocycles. The van der Waals surface area contributed by atoms with Crippen LogP contribution in [0.2, 0.25) is 0 Å². The number of ether oxygens (including phenoxy) is 1. The molecule has 88 valence electrons. The third-order valence-electron chi connectivity index (χ3n) is 1.63. The van der Waals surface area contributed by atoms with Crippen molar-refractivity contribution >= 4 is 0 Å². The Balaban J connectivity index is 2.59. The lowest BCUT2D eigenvalue weighted by atomic mass is 10.2. The summed E-state index contributed by atoms with van der Waals surface area (Å²) in [5.74, 6) is 0.955. The number of alkyl halides is 3. The maximum Gasteiger partial charge on any atom is 0.412 e. The van der Waals surface area contributed by atoms with Crippen molar-refractivity contribution in [1.82, 2.24) is 9.97 Å². The second-order valence-corrected chi connectivity index (χ2v) is 3.39. The van der Waals surface area contributed by atoms with Crippen molar-refractivity contribution in [2.24, 2.45) is 0 Å². The molecule has 0 atom stereocenters. The molecule has 0 spiro atoms. The molecule has 6 heteroatoms. The van der Waals surface area contributed by atoms with Gasteiger partial charge in [0, 0.05) is 5.92 Å². The molecular formula is C10H11F3N2O. The zero-order valence-corrected chi connectivity index (χ0v) is 8.82. The number of aromatic nitrogens is 2. The Morgan fingerprint density at radius 1 is 1.25 bits per heavy atom. The molecule has 0 radical (unpaired) electrons. The van der Waals surface area contributed by atoms with E-state index in [1.807, 2.05) is 13.8 Å². The summed E-state index contributed by atoms with van der Waals surface area (Å²) in [6.45, 7) is 3.83. The summed E-state index contributed by atoms with van der Waals surface area (Å²) in [6.07, 6.45) is -1.14. The Labute approximate surface area is 91.0 Å². The summed E-state index contributed by atoms with van der Waals surface area (Å²) in [7, 11) is 0. The van der Waals surface area contributed by atoms with Gasteiger partial charge in [-0.15, -0.1) is 0 Å². The van der Waals surface area contributed by atoms with Crippen molar-refractivity contribution in [2.45, 2.75) is 25.9 Å². The van der Waals surface area contributed by atoms with E-state index >= 15 is 0 Å². The lowest BCUT2D eigenvalue weighted by molar-refractivity contribution is -0.0809. The van der Waals surface area contributed by atoms with Crippen LogP contribution in [0.1, 0.15) is 25.6 Å². The molecule has 0 saturated heterocycles. The van der Waals surface area contributed by atoms with Crippen molar-refractivity contribution in [3.8, 4) is 5.75 Å². The van der Waals surface area contributed by atoms with Crippen LogP contribution in [0.25, 0.3) is 0 Å². The molecular weight excluding hydrogens is 221 g/mol. The lowest BCUT2D eigenvalue weighted by Crippen LogP contribution is -2.02. The standard InChI is InChI=1S/C10H11F3N2O/c1-7(2)9-14-5-8(6-15-9)16-4-3-10(11,12)13/h3-7H,1-2H3/b4-3-. The van der Waals surface area contributed by atoms with Gasteiger partial charge in [-0.25, -0.2) is 9.97 Å². The number of hydrogen-bond donors (Lipinski definition) is 0. The molecule has 16 heavy (non-hydrogen) atoms. The predicted molar refractivity (Wildman–Crippen MR) is 51.9 cm³/mol. The topological polar surface area (TPSA) is 35.0 Å². The second kappa shape index (κ2) is 4.96. The van der Waals surface area contributed by atoms with Crippen molar-refractivity contribution in [3.05, 3.63) is 30.6 Å². The van der Waals surface area contributed by atoms with Crippen molar-refractivity contribution in [1.29, 1.82) is 0 Å². The monoisotopic (exact) mass is 232 g/mol. The summed E-state index contributed by atoms with van der Waals surface area (Å²) in [6, 6.07) is 0. The minimum atomic E-state index is -4.38. The van der Waals surface area contributed by atoms with Crippen LogP contribution in [0.15, 0.2) is 24.7 Å². The van der Waals surface area contributed by atoms with Gasteiger partial charge < -0.3 is 4.74 Å². The van der Waals surface area contributed by atoms with Gasteiger partial charge in [0.2, 0.25) is 0 Å². The first-order valence-electron chi connectivity index (χ1n) is 4.61. The summed E-state index contributed by atoms with van der Waals surface area (Å²) in [5.41, 5.74) is 0. The Bertz CT molecular complexity index is 357. The minimum Gasteiger partial charge on any atom is -0.462 e. The van der Waals surface area contributed by atoms with Gasteiger partial charge in [0.25, 0.3) is 0 Å². The number of hydrogen-bond acceptors (Lipinski definition) is 3. The summed E-state index contributed by atoms with van der Waals surface area (Å²) in [5, 5.41) is 0. The molecule has 1 heterocycles. The fraction of sp³-hybridized carbons (Fsp3) is 0.400. The molecule has 1 aromatic rings. The van der Waals surface area contributed by atoms with Crippen LogP contribution in [0.5, 0.6) is 5.75 Å². The fourth-order valence-corrected chi connectivity index (χ4v) is 0.875. The highest BCUT2D eigenvalue weighted by atomic mass is 19.4. The van der Waals surface area contributed by atoms with E-state index in [2.05, 4.69) is 9.97 Å². The Morgan fingerprint density at radius 3 is 2.25 bits per heavy atom. The molecule has 0 N–H and O–H groups in total. The SMILES string of the molecule is CC(C)c1ncc(O/C=C\C(F)(F)F)cn1. The molecule has 0 amide bonds. The first-order valence-corrected chi connectivity index (χ1v) is 4.61. The minimum absolute atomic E-state index is 0.00333. The molecule has 0 saturated carbocycles. The fourth-order valence-electron chi connectivity index (χ4n) is 0.875. The van der Waals surface area contributed by atoms with E-state index in [4.69, 9.17) is 4.74 Å². The van der Waals surface area contributed by atoms with Crippen LogP contribution in [0, 0.1) is 0 Å². The number of allylic oxidation sites excluding steroid dienone is 1. The highest BCUT2D eigenvalue weighted by molar-refractivity contribution is 5.14. The summed E-state index contributed by atoms with van der Waals surface area (Å²) < 4.78 is 39.9. The highest BCUT2D eigenvalue weighted by Crippen LogP contribution is 2.17. The quantitative estimate of drug-likeness (QED) is 0.751. The van der Waals surface area contributed by atoms with E-state index in [-0.39, 0.29) is 17.7 Å². The Kier molecular flexibility index (Phi) is 3.87. The van der Waals surface area contributed by atoms with Gasteiger partial charge in [0.1, 0.15) is 5.82 Å². The van der Waals surface area contributed by atoms with E-state index < -0.39 is 6.18 Å². The zero-order chi connectivity index (χ0) is 12.2. The maximum atomic E-state index is 11.7. The number of halogens is 3. The predicted octanol–water partition coefficient (Wildman–Crippen LogP) is 3.05. The molecule has 1 aromatic heterocycles.